The van der Waals surface area contributed by atoms with Crippen LogP contribution in [0.1, 0.15) is 47.5 Å². The zero-order valence-electron chi connectivity index (χ0n) is 23.0. The Hall–Kier alpha value is -4.15. The molecule has 0 bridgehead atoms. The first-order valence-electron chi connectivity index (χ1n) is 14.6. The highest BCUT2D eigenvalue weighted by Gasteiger charge is 2.22. The number of aromatic amines is 1. The Morgan fingerprint density at radius 2 is 1.38 bits per heavy atom. The Kier molecular flexibility index (Phi) is 8.06. The molecule has 1 amide bonds. The largest absolute Gasteiger partial charge is 0.361 e. The quantitative estimate of drug-likeness (QED) is 0.192. The van der Waals surface area contributed by atoms with Gasteiger partial charge in [0.05, 0.1) is 0 Å². The van der Waals surface area contributed by atoms with Crippen LogP contribution in [0.4, 0.5) is 0 Å². The number of benzene rings is 4. The van der Waals surface area contributed by atoms with Crippen LogP contribution in [0.25, 0.3) is 33.2 Å². The van der Waals surface area contributed by atoms with Gasteiger partial charge in [-0.3, -0.25) is 4.79 Å². The average molecular weight is 528 g/mol. The van der Waals surface area contributed by atoms with Gasteiger partial charge in [0.15, 0.2) is 0 Å². The highest BCUT2D eigenvalue weighted by Crippen LogP contribution is 2.35. The van der Waals surface area contributed by atoms with Crippen molar-refractivity contribution in [1.82, 2.24) is 15.2 Å². The van der Waals surface area contributed by atoms with Gasteiger partial charge >= 0.3 is 0 Å². The van der Waals surface area contributed by atoms with E-state index in [0.717, 1.165) is 55.7 Å². The number of H-pyrrole nitrogens is 1. The lowest BCUT2D eigenvalue weighted by Gasteiger charge is -2.32. The number of rotatable bonds is 9. The number of carbonyl (C=O) groups excluding carboxylic acids is 1. The van der Waals surface area contributed by atoms with Crippen molar-refractivity contribution in [1.29, 1.82) is 0 Å². The summed E-state index contributed by atoms with van der Waals surface area (Å²) in [4.78, 5) is 18.7. The monoisotopic (exact) mass is 527 g/mol. The second kappa shape index (κ2) is 12.4. The number of carbonyl (C=O) groups is 1. The van der Waals surface area contributed by atoms with Crippen molar-refractivity contribution in [2.45, 2.75) is 31.6 Å². The highest BCUT2D eigenvalue weighted by atomic mass is 16.1. The number of aromatic nitrogens is 1. The molecular weight excluding hydrogens is 490 g/mol. The van der Waals surface area contributed by atoms with Crippen molar-refractivity contribution >= 4 is 16.8 Å². The lowest BCUT2D eigenvalue weighted by atomic mass is 9.88. The number of unbranched alkanes of at least 4 members (excludes halogenated alkanes) is 1. The number of nitrogens with zero attached hydrogens (tertiary/aromatic N) is 1. The van der Waals surface area contributed by atoms with E-state index in [1.165, 1.54) is 40.4 Å². The van der Waals surface area contributed by atoms with Crippen molar-refractivity contribution in [3.05, 3.63) is 120 Å². The maximum Gasteiger partial charge on any atom is 0.251 e. The van der Waals surface area contributed by atoms with Crippen molar-refractivity contribution in [2.24, 2.45) is 0 Å². The summed E-state index contributed by atoms with van der Waals surface area (Å²) in [6.07, 6.45) is 6.72. The highest BCUT2D eigenvalue weighted by molar-refractivity contribution is 5.94. The maximum absolute atomic E-state index is 12.6. The van der Waals surface area contributed by atoms with Crippen LogP contribution in [-0.2, 0) is 0 Å². The first kappa shape index (κ1) is 26.1. The summed E-state index contributed by atoms with van der Waals surface area (Å²) in [5, 5.41) is 4.46. The Balaban J connectivity index is 0.940. The van der Waals surface area contributed by atoms with Crippen LogP contribution in [0.2, 0.25) is 0 Å². The Morgan fingerprint density at radius 1 is 0.750 bits per heavy atom. The van der Waals surface area contributed by atoms with Gasteiger partial charge in [-0.2, -0.15) is 0 Å². The first-order chi connectivity index (χ1) is 19.7. The molecule has 2 heterocycles. The third kappa shape index (κ3) is 6.03. The van der Waals surface area contributed by atoms with Gasteiger partial charge in [0.25, 0.3) is 5.91 Å². The topological polar surface area (TPSA) is 48.1 Å². The van der Waals surface area contributed by atoms with Gasteiger partial charge in [-0.05, 0) is 103 Å². The van der Waals surface area contributed by atoms with Crippen LogP contribution < -0.4 is 5.32 Å². The SMILES string of the molecule is O=C(NCCCCN1CCC(c2c[nH]c3ccc(-c4ccccc4)cc23)CC1)c1ccc(-c2ccccc2)cc1. The van der Waals surface area contributed by atoms with Crippen LogP contribution in [-0.4, -0.2) is 42.0 Å². The van der Waals surface area contributed by atoms with Crippen LogP contribution in [0, 0.1) is 0 Å². The first-order valence-corrected chi connectivity index (χ1v) is 14.6. The standard InChI is InChI=1S/C36H37N3O/c40-36(31-15-13-29(14-16-31)27-9-3-1-4-10-27)37-21-7-8-22-39-23-19-30(20-24-39)34-26-38-35-18-17-32(25-33(34)35)28-11-5-2-6-12-28/h1-6,9-18,25-26,30,38H,7-8,19-24H2,(H,37,40). The van der Waals surface area contributed by atoms with E-state index >= 15 is 0 Å². The molecule has 2 N–H and O–H groups in total. The third-order valence-electron chi connectivity index (χ3n) is 8.29. The maximum atomic E-state index is 12.6. The van der Waals surface area contributed by atoms with Crippen molar-refractivity contribution in [3.8, 4) is 22.3 Å². The van der Waals surface area contributed by atoms with Gasteiger partial charge < -0.3 is 15.2 Å². The third-order valence-corrected chi connectivity index (χ3v) is 8.29. The predicted molar refractivity (Wildman–Crippen MR) is 166 cm³/mol. The fourth-order valence-electron chi connectivity index (χ4n) is 5.97. The van der Waals surface area contributed by atoms with Crippen LogP contribution >= 0.6 is 0 Å². The minimum absolute atomic E-state index is 0.00887. The second-order valence-corrected chi connectivity index (χ2v) is 10.9. The predicted octanol–water partition coefficient (Wildman–Crippen LogP) is 7.89. The average Bonchev–Trinajstić information content (AvgIpc) is 3.45. The van der Waals surface area contributed by atoms with Gasteiger partial charge in [0, 0.05) is 29.2 Å². The minimum atomic E-state index is 0.00887. The number of hydrogen-bond donors (Lipinski definition) is 2. The van der Waals surface area contributed by atoms with E-state index in [9.17, 15) is 4.79 Å². The zero-order valence-corrected chi connectivity index (χ0v) is 23.0. The molecule has 0 aliphatic carbocycles. The lowest BCUT2D eigenvalue weighted by molar-refractivity contribution is 0.0952. The molecule has 5 aromatic rings. The van der Waals surface area contributed by atoms with Crippen molar-refractivity contribution < 1.29 is 4.79 Å². The number of nitrogens with one attached hydrogen (secondary N) is 2. The normalized spacial score (nSPS) is 14.4. The van der Waals surface area contributed by atoms with Gasteiger partial charge in [-0.1, -0.05) is 78.9 Å². The molecule has 4 aromatic carbocycles. The number of likely N-dealkylation sites (tertiary alicyclic amines) is 1. The summed E-state index contributed by atoms with van der Waals surface area (Å²) in [6, 6.07) is 35.5. The lowest BCUT2D eigenvalue weighted by Crippen LogP contribution is -2.34. The van der Waals surface area contributed by atoms with Crippen LogP contribution in [0.15, 0.2) is 109 Å². The van der Waals surface area contributed by atoms with E-state index in [0.29, 0.717) is 5.92 Å². The molecule has 6 rings (SSSR count). The molecule has 4 nitrogen and oxygen atoms in total. The van der Waals surface area contributed by atoms with E-state index in [2.05, 4.69) is 82.1 Å². The van der Waals surface area contributed by atoms with Crippen LogP contribution in [0.3, 0.4) is 0 Å². The molecule has 0 radical (unpaired) electrons. The van der Waals surface area contributed by atoms with Gasteiger partial charge in [0.2, 0.25) is 0 Å². The molecule has 0 saturated carbocycles. The Labute approximate surface area is 237 Å². The zero-order chi connectivity index (χ0) is 27.1. The molecule has 1 aromatic heterocycles. The summed E-state index contributed by atoms with van der Waals surface area (Å²) >= 11 is 0. The molecule has 4 heteroatoms. The van der Waals surface area contributed by atoms with Crippen LogP contribution in [0.5, 0.6) is 0 Å². The van der Waals surface area contributed by atoms with E-state index in [1.807, 2.05) is 42.5 Å². The molecule has 1 saturated heterocycles. The van der Waals surface area contributed by atoms with E-state index in [4.69, 9.17) is 0 Å². The number of hydrogen-bond acceptors (Lipinski definition) is 2. The fraction of sp³-hybridized carbons (Fsp3) is 0.250. The van der Waals surface area contributed by atoms with Gasteiger partial charge in [-0.25, -0.2) is 0 Å². The summed E-state index contributed by atoms with van der Waals surface area (Å²) < 4.78 is 0. The van der Waals surface area contributed by atoms with Crippen molar-refractivity contribution in [2.75, 3.05) is 26.2 Å². The molecule has 40 heavy (non-hydrogen) atoms. The molecule has 1 aliphatic rings. The molecule has 0 unspecified atom stereocenters. The number of amides is 1. The summed E-state index contributed by atoms with van der Waals surface area (Å²) in [5.41, 5.74) is 8.25. The number of piperidine rings is 1. The molecular formula is C36H37N3O. The van der Waals surface area contributed by atoms with E-state index in [-0.39, 0.29) is 5.91 Å². The number of fused-ring (bicyclic) bond motifs is 1. The Morgan fingerprint density at radius 3 is 2.08 bits per heavy atom. The Bertz CT molecular complexity index is 1530. The molecule has 0 atom stereocenters. The van der Waals surface area contributed by atoms with E-state index < -0.39 is 0 Å². The second-order valence-electron chi connectivity index (χ2n) is 10.9. The van der Waals surface area contributed by atoms with Gasteiger partial charge in [0.1, 0.15) is 0 Å². The minimum Gasteiger partial charge on any atom is -0.361 e. The molecule has 202 valence electrons. The molecule has 0 spiro atoms. The fourth-order valence-corrected chi connectivity index (χ4v) is 5.97. The van der Waals surface area contributed by atoms with Gasteiger partial charge in [-0.15, -0.1) is 0 Å². The summed E-state index contributed by atoms with van der Waals surface area (Å²) in [6.45, 7) is 4.08. The molecule has 1 fully saturated rings. The summed E-state index contributed by atoms with van der Waals surface area (Å²) in [7, 11) is 0. The summed E-state index contributed by atoms with van der Waals surface area (Å²) in [5.74, 6) is 0.609. The van der Waals surface area contributed by atoms with E-state index in [1.54, 1.807) is 0 Å². The van der Waals surface area contributed by atoms with Crippen molar-refractivity contribution in [3.63, 3.8) is 0 Å². The smallest absolute Gasteiger partial charge is 0.251 e. The molecule has 1 aliphatic heterocycles.